The highest BCUT2D eigenvalue weighted by molar-refractivity contribution is 5.93. The number of ether oxygens (including phenoxy) is 1. The van der Waals surface area contributed by atoms with Gasteiger partial charge in [0.25, 0.3) is 5.91 Å². The van der Waals surface area contributed by atoms with Gasteiger partial charge in [0.05, 0.1) is 20.6 Å². The molecule has 0 aliphatic rings. The minimum atomic E-state index is -4.33. The van der Waals surface area contributed by atoms with E-state index in [0.29, 0.717) is 6.07 Å². The summed E-state index contributed by atoms with van der Waals surface area (Å²) in [6.45, 7) is -2.11. The number of carbonyl (C=O) groups is 1. The molecule has 2 aromatic carbocycles. The normalized spacial score (nSPS) is 13.9. The van der Waals surface area contributed by atoms with Gasteiger partial charge in [-0.25, -0.2) is 31.8 Å². The lowest BCUT2D eigenvalue weighted by atomic mass is 9.92. The first-order valence-corrected chi connectivity index (χ1v) is 10.8. The Balaban J connectivity index is 1.75. The molecule has 0 saturated carbocycles. The number of quaternary nitrogens is 1. The molecular formula is C23H24F6N5O3+. The Morgan fingerprint density at radius 1 is 1.16 bits per heavy atom. The molecule has 0 bridgehead atoms. The van der Waals surface area contributed by atoms with E-state index in [1.807, 2.05) is 0 Å². The third-order valence-corrected chi connectivity index (χ3v) is 5.25. The van der Waals surface area contributed by atoms with Gasteiger partial charge in [-0.3, -0.25) is 4.79 Å². The van der Waals surface area contributed by atoms with E-state index >= 15 is 0 Å². The number of hydrogen-bond acceptors (Lipinski definition) is 5. The van der Waals surface area contributed by atoms with E-state index in [0.717, 1.165) is 24.3 Å². The molecule has 0 fully saturated rings. The Morgan fingerprint density at radius 2 is 1.84 bits per heavy atom. The van der Waals surface area contributed by atoms with Crippen molar-refractivity contribution >= 4 is 5.91 Å². The molecule has 200 valence electrons. The number of nitrogens with one attached hydrogen (secondary N) is 1. The number of halogens is 6. The highest BCUT2D eigenvalue weighted by atomic mass is 19.3. The molecule has 3 rings (SSSR count). The summed E-state index contributed by atoms with van der Waals surface area (Å²) in [5.41, 5.74) is 0.492. The standard InChI is InChI=1S/C23H23F6N5O3/c1-34(2,32-20(35)15-3-6-17(7-4-15)37-12-23(28,29)21(26)27)11-22(36,10-33-14-30-13-31-33)18-8-5-16(24)9-19(18)25/h3-9,13-14,21,36H,10-12H2,1-2H3/p+1. The van der Waals surface area contributed by atoms with Gasteiger partial charge >= 0.3 is 12.3 Å². The summed E-state index contributed by atoms with van der Waals surface area (Å²) >= 11 is 0. The fraction of sp³-hybridized carbons (Fsp3) is 0.348. The predicted octanol–water partition coefficient (Wildman–Crippen LogP) is 3.14. The van der Waals surface area contributed by atoms with Gasteiger partial charge < -0.3 is 9.84 Å². The summed E-state index contributed by atoms with van der Waals surface area (Å²) in [7, 11) is 3.02. The van der Waals surface area contributed by atoms with E-state index < -0.39 is 42.1 Å². The molecule has 1 heterocycles. The number of benzene rings is 2. The molecule has 1 aromatic heterocycles. The Bertz CT molecular complexity index is 1210. The third-order valence-electron chi connectivity index (χ3n) is 5.25. The van der Waals surface area contributed by atoms with Crippen LogP contribution in [0.25, 0.3) is 0 Å². The van der Waals surface area contributed by atoms with Crippen molar-refractivity contribution in [2.45, 2.75) is 24.5 Å². The number of aliphatic hydroxyl groups is 1. The topological polar surface area (TPSA) is 89.3 Å². The van der Waals surface area contributed by atoms with E-state index in [9.17, 15) is 36.2 Å². The Morgan fingerprint density at radius 3 is 2.41 bits per heavy atom. The molecule has 1 amide bonds. The first kappa shape index (κ1) is 27.9. The lowest BCUT2D eigenvalue weighted by Crippen LogP contribution is -2.60. The second-order valence-corrected chi connectivity index (χ2v) is 8.91. The van der Waals surface area contributed by atoms with E-state index in [1.165, 1.54) is 43.6 Å². The van der Waals surface area contributed by atoms with Crippen molar-refractivity contribution in [1.82, 2.24) is 20.2 Å². The lowest BCUT2D eigenvalue weighted by Gasteiger charge is -2.37. The second kappa shape index (κ2) is 10.8. The van der Waals surface area contributed by atoms with Gasteiger partial charge in [-0.05, 0) is 36.4 Å². The minimum Gasteiger partial charge on any atom is -0.487 e. The molecule has 1 unspecified atom stereocenters. The van der Waals surface area contributed by atoms with Crippen molar-refractivity contribution in [3.05, 3.63) is 77.9 Å². The lowest BCUT2D eigenvalue weighted by molar-refractivity contribution is -0.931. The first-order valence-electron chi connectivity index (χ1n) is 10.8. The first-order chi connectivity index (χ1) is 17.2. The van der Waals surface area contributed by atoms with Gasteiger partial charge in [0.2, 0.25) is 0 Å². The van der Waals surface area contributed by atoms with Gasteiger partial charge in [0.1, 0.15) is 36.6 Å². The monoisotopic (exact) mass is 532 g/mol. The Labute approximate surface area is 207 Å². The summed E-state index contributed by atoms with van der Waals surface area (Å²) in [6.07, 6.45) is -1.37. The molecule has 8 nitrogen and oxygen atoms in total. The molecule has 1 atom stereocenters. The van der Waals surface area contributed by atoms with E-state index in [4.69, 9.17) is 0 Å². The van der Waals surface area contributed by atoms with Crippen LogP contribution in [-0.2, 0) is 12.1 Å². The molecule has 0 saturated heterocycles. The quantitative estimate of drug-likeness (QED) is 0.225. The number of hydrogen-bond donors (Lipinski definition) is 2. The Kier molecular flexibility index (Phi) is 8.12. The molecule has 37 heavy (non-hydrogen) atoms. The van der Waals surface area contributed by atoms with Gasteiger partial charge in [0, 0.05) is 17.2 Å². The van der Waals surface area contributed by atoms with E-state index in [1.54, 1.807) is 0 Å². The van der Waals surface area contributed by atoms with Crippen LogP contribution in [0.4, 0.5) is 26.3 Å². The van der Waals surface area contributed by atoms with Crippen LogP contribution in [-0.4, -0.2) is 70.0 Å². The molecule has 0 radical (unpaired) electrons. The Hall–Kier alpha value is -3.65. The van der Waals surface area contributed by atoms with Gasteiger partial charge in [-0.15, -0.1) is 0 Å². The van der Waals surface area contributed by atoms with Gasteiger partial charge in [-0.2, -0.15) is 19.3 Å². The van der Waals surface area contributed by atoms with E-state index in [-0.39, 0.29) is 34.6 Å². The van der Waals surface area contributed by atoms with Crippen molar-refractivity contribution < 1.29 is 45.6 Å². The van der Waals surface area contributed by atoms with Crippen LogP contribution in [0.2, 0.25) is 0 Å². The molecule has 2 N–H and O–H groups in total. The zero-order valence-electron chi connectivity index (χ0n) is 19.7. The van der Waals surface area contributed by atoms with Gasteiger partial charge in [0.15, 0.2) is 12.2 Å². The molecule has 3 aromatic rings. The van der Waals surface area contributed by atoms with Crippen molar-refractivity contribution in [3.63, 3.8) is 0 Å². The molecule has 0 spiro atoms. The zero-order valence-corrected chi connectivity index (χ0v) is 19.7. The highest BCUT2D eigenvalue weighted by Gasteiger charge is 2.42. The molecule has 0 aliphatic heterocycles. The van der Waals surface area contributed by atoms with E-state index in [2.05, 4.69) is 20.2 Å². The average molecular weight is 532 g/mol. The van der Waals surface area contributed by atoms with Crippen LogP contribution < -0.4 is 10.2 Å². The number of rotatable bonds is 11. The van der Waals surface area contributed by atoms with Crippen LogP contribution in [0.15, 0.2) is 55.1 Å². The van der Waals surface area contributed by atoms with Crippen LogP contribution >= 0.6 is 0 Å². The highest BCUT2D eigenvalue weighted by Crippen LogP contribution is 2.29. The van der Waals surface area contributed by atoms with Crippen molar-refractivity contribution in [2.75, 3.05) is 27.2 Å². The van der Waals surface area contributed by atoms with Crippen molar-refractivity contribution in [1.29, 1.82) is 0 Å². The van der Waals surface area contributed by atoms with Crippen molar-refractivity contribution in [3.8, 4) is 5.75 Å². The number of nitrogens with zero attached hydrogens (tertiary/aromatic N) is 4. The molecular weight excluding hydrogens is 508 g/mol. The number of alkyl halides is 4. The van der Waals surface area contributed by atoms with Crippen LogP contribution in [0.3, 0.4) is 0 Å². The summed E-state index contributed by atoms with van der Waals surface area (Å²) in [5.74, 6) is -6.97. The maximum atomic E-state index is 14.7. The van der Waals surface area contributed by atoms with Crippen LogP contribution in [0, 0.1) is 11.6 Å². The minimum absolute atomic E-state index is 0.0620. The summed E-state index contributed by atoms with van der Waals surface area (Å²) in [4.78, 5) is 16.6. The third kappa shape index (κ3) is 7.20. The number of likely N-dealkylation sites (N-methyl/N-ethyl adjacent to an activating group) is 1. The average Bonchev–Trinajstić information content (AvgIpc) is 3.29. The largest absolute Gasteiger partial charge is 0.487 e. The molecule has 14 heteroatoms. The summed E-state index contributed by atoms with van der Waals surface area (Å²) < 4.78 is 84.3. The van der Waals surface area contributed by atoms with Gasteiger partial charge in [-0.1, -0.05) is 0 Å². The SMILES string of the molecule is C[N+](C)(CC(O)(Cn1cncn1)c1ccc(F)cc1F)NC(=O)c1ccc(OCC(F)(F)C(F)F)cc1. The predicted molar refractivity (Wildman–Crippen MR) is 118 cm³/mol. The maximum absolute atomic E-state index is 14.7. The summed E-state index contributed by atoms with van der Waals surface area (Å²) in [6, 6.07) is 7.49. The zero-order chi connectivity index (χ0) is 27.4. The molecule has 0 aliphatic carbocycles. The summed E-state index contributed by atoms with van der Waals surface area (Å²) in [5, 5.41) is 15.4. The van der Waals surface area contributed by atoms with Crippen LogP contribution in [0.5, 0.6) is 5.75 Å². The fourth-order valence-electron chi connectivity index (χ4n) is 3.65. The number of aromatic nitrogens is 3. The smallest absolute Gasteiger partial charge is 0.340 e. The second-order valence-electron chi connectivity index (χ2n) is 8.91. The fourth-order valence-corrected chi connectivity index (χ4v) is 3.65. The maximum Gasteiger partial charge on any atom is 0.340 e. The van der Waals surface area contributed by atoms with Crippen molar-refractivity contribution in [2.24, 2.45) is 0 Å². The van der Waals surface area contributed by atoms with Crippen LogP contribution in [0.1, 0.15) is 15.9 Å². The number of amides is 1. The number of carbonyl (C=O) groups excluding carboxylic acids is 1.